The average Bonchev–Trinajstić information content (AvgIpc) is 3.46. The Hall–Kier alpha value is -3.06. The summed E-state index contributed by atoms with van der Waals surface area (Å²) in [5.41, 5.74) is 10.1. The van der Waals surface area contributed by atoms with Gasteiger partial charge in [-0.15, -0.1) is 0 Å². The number of ether oxygens (including phenoxy) is 1. The maximum Gasteiger partial charge on any atom is 0.226 e. The third-order valence-electron chi connectivity index (χ3n) is 6.03. The Kier molecular flexibility index (Phi) is 4.62. The van der Waals surface area contributed by atoms with Crippen molar-refractivity contribution in [2.24, 2.45) is 7.05 Å². The summed E-state index contributed by atoms with van der Waals surface area (Å²) in [5.74, 6) is 1.74. The fourth-order valence-electron chi connectivity index (χ4n) is 4.59. The van der Waals surface area contributed by atoms with Crippen molar-refractivity contribution >= 4 is 28.5 Å². The number of benzene rings is 1. The van der Waals surface area contributed by atoms with Gasteiger partial charge in [0.2, 0.25) is 5.28 Å². The van der Waals surface area contributed by atoms with Gasteiger partial charge in [0.05, 0.1) is 18.2 Å². The number of halogens is 1. The largest absolute Gasteiger partial charge is 0.497 e. The molecule has 2 unspecified atom stereocenters. The second-order valence-electron chi connectivity index (χ2n) is 7.84. The number of nitrogens with two attached hydrogens (primary N) is 1. The number of nitrogen functional groups attached to an aromatic ring is 1. The lowest BCUT2D eigenvalue weighted by Gasteiger charge is -2.15. The molecule has 1 fully saturated rings. The number of hydrogen-bond acceptors (Lipinski definition) is 5. The van der Waals surface area contributed by atoms with Gasteiger partial charge >= 0.3 is 0 Å². The topological polar surface area (TPSA) is 83.8 Å². The van der Waals surface area contributed by atoms with E-state index >= 15 is 0 Å². The molecule has 1 aliphatic carbocycles. The van der Waals surface area contributed by atoms with Crippen molar-refractivity contribution in [3.05, 3.63) is 53.6 Å². The number of methoxy groups -OCH3 is 1. The van der Waals surface area contributed by atoms with Crippen LogP contribution in [-0.4, -0.2) is 31.4 Å². The lowest BCUT2D eigenvalue weighted by atomic mass is 9.97. The van der Waals surface area contributed by atoms with E-state index in [9.17, 15) is 0 Å². The van der Waals surface area contributed by atoms with Crippen LogP contribution in [0.3, 0.4) is 0 Å². The van der Waals surface area contributed by atoms with Crippen LogP contribution >= 0.6 is 11.6 Å². The predicted octanol–water partition coefficient (Wildman–Crippen LogP) is 4.58. The van der Waals surface area contributed by atoms with Gasteiger partial charge in [-0.3, -0.25) is 4.68 Å². The molecule has 0 amide bonds. The van der Waals surface area contributed by atoms with Crippen molar-refractivity contribution in [2.75, 3.05) is 12.8 Å². The third-order valence-corrected chi connectivity index (χ3v) is 6.19. The fourth-order valence-corrected chi connectivity index (χ4v) is 4.76. The lowest BCUT2D eigenvalue weighted by Crippen LogP contribution is -2.06. The minimum atomic E-state index is 0.161. The van der Waals surface area contributed by atoms with E-state index in [-0.39, 0.29) is 5.28 Å². The van der Waals surface area contributed by atoms with Crippen LogP contribution in [0.25, 0.3) is 22.3 Å². The number of aromatic nitrogens is 5. The first-order chi connectivity index (χ1) is 14.5. The summed E-state index contributed by atoms with van der Waals surface area (Å²) in [4.78, 5) is 8.73. The van der Waals surface area contributed by atoms with Crippen molar-refractivity contribution in [2.45, 2.75) is 31.2 Å². The normalized spacial score (nSPS) is 18.9. The van der Waals surface area contributed by atoms with Crippen LogP contribution in [0.15, 0.2) is 42.7 Å². The van der Waals surface area contributed by atoms with E-state index in [1.165, 1.54) is 5.56 Å². The van der Waals surface area contributed by atoms with E-state index in [1.807, 2.05) is 25.4 Å². The molecule has 154 valence electrons. The second kappa shape index (κ2) is 7.32. The van der Waals surface area contributed by atoms with Crippen molar-refractivity contribution in [1.82, 2.24) is 24.3 Å². The van der Waals surface area contributed by atoms with Crippen molar-refractivity contribution in [1.29, 1.82) is 0 Å². The monoisotopic (exact) mass is 422 g/mol. The molecule has 7 nitrogen and oxygen atoms in total. The molecule has 2 N–H and O–H groups in total. The summed E-state index contributed by atoms with van der Waals surface area (Å²) >= 11 is 6.17. The number of rotatable bonds is 4. The van der Waals surface area contributed by atoms with E-state index in [4.69, 9.17) is 22.1 Å². The van der Waals surface area contributed by atoms with Crippen LogP contribution in [0, 0.1) is 0 Å². The molecule has 30 heavy (non-hydrogen) atoms. The van der Waals surface area contributed by atoms with Crippen LogP contribution in [0.5, 0.6) is 5.75 Å². The Morgan fingerprint density at radius 3 is 2.83 bits per heavy atom. The molecule has 4 aromatic rings. The van der Waals surface area contributed by atoms with Crippen molar-refractivity contribution in [3.63, 3.8) is 0 Å². The lowest BCUT2D eigenvalue weighted by molar-refractivity contribution is 0.413. The maximum atomic E-state index is 6.27. The Balaban J connectivity index is 1.56. The van der Waals surface area contributed by atoms with Crippen LogP contribution in [0.2, 0.25) is 5.28 Å². The van der Waals surface area contributed by atoms with Gasteiger partial charge in [-0.1, -0.05) is 12.1 Å². The average molecular weight is 423 g/mol. The van der Waals surface area contributed by atoms with Gasteiger partial charge in [0.15, 0.2) is 0 Å². The zero-order valence-corrected chi connectivity index (χ0v) is 17.7. The standard InChI is InChI=1S/C22H23ClN6O/c1-28-9-8-18(27-28)17-12-29(21-19(17)20(24)25-22(23)26-21)15-7-6-14(10-15)13-4-3-5-16(11-13)30-2/h3-5,8-9,11-12,14-15H,6-7,10H2,1-2H3,(H2,24,25,26). The first-order valence-corrected chi connectivity index (χ1v) is 10.4. The first-order valence-electron chi connectivity index (χ1n) is 10.0. The van der Waals surface area contributed by atoms with Gasteiger partial charge in [-0.05, 0) is 60.5 Å². The molecule has 0 radical (unpaired) electrons. The number of nitrogens with zero attached hydrogens (tertiary/aromatic N) is 5. The molecule has 1 aromatic carbocycles. The van der Waals surface area contributed by atoms with E-state index in [0.29, 0.717) is 17.8 Å². The first kappa shape index (κ1) is 18.9. The fraction of sp³-hybridized carbons (Fsp3) is 0.318. The highest BCUT2D eigenvalue weighted by Gasteiger charge is 2.30. The molecule has 3 heterocycles. The quantitative estimate of drug-likeness (QED) is 0.486. The minimum absolute atomic E-state index is 0.161. The summed E-state index contributed by atoms with van der Waals surface area (Å²) < 4.78 is 9.39. The van der Waals surface area contributed by atoms with Crippen molar-refractivity contribution in [3.8, 4) is 17.0 Å². The summed E-state index contributed by atoms with van der Waals surface area (Å²) in [6, 6.07) is 10.6. The zero-order chi connectivity index (χ0) is 20.8. The van der Waals surface area contributed by atoms with Crippen LogP contribution in [0.1, 0.15) is 36.8 Å². The number of anilines is 1. The zero-order valence-electron chi connectivity index (χ0n) is 16.9. The van der Waals surface area contributed by atoms with Crippen LogP contribution in [0.4, 0.5) is 5.82 Å². The Morgan fingerprint density at radius 1 is 1.20 bits per heavy atom. The van der Waals surface area contributed by atoms with Gasteiger partial charge in [0.25, 0.3) is 0 Å². The third kappa shape index (κ3) is 3.19. The van der Waals surface area contributed by atoms with E-state index in [0.717, 1.165) is 47.3 Å². The number of fused-ring (bicyclic) bond motifs is 1. The SMILES string of the molecule is COc1cccc(C2CCC(n3cc(-c4ccn(C)n4)c4c(N)nc(Cl)nc43)C2)c1. The Morgan fingerprint density at radius 2 is 2.07 bits per heavy atom. The van der Waals surface area contributed by atoms with Crippen molar-refractivity contribution < 1.29 is 4.74 Å². The molecule has 8 heteroatoms. The molecule has 1 saturated carbocycles. The summed E-state index contributed by atoms with van der Waals surface area (Å²) in [6.07, 6.45) is 7.19. The molecule has 5 rings (SSSR count). The van der Waals surface area contributed by atoms with Crippen LogP contribution in [-0.2, 0) is 7.05 Å². The maximum absolute atomic E-state index is 6.27. The molecule has 0 saturated heterocycles. The summed E-state index contributed by atoms with van der Waals surface area (Å²) in [7, 11) is 3.60. The minimum Gasteiger partial charge on any atom is -0.497 e. The number of hydrogen-bond donors (Lipinski definition) is 1. The molecule has 1 aliphatic rings. The van der Waals surface area contributed by atoms with E-state index < -0.39 is 0 Å². The Labute approximate surface area is 179 Å². The highest BCUT2D eigenvalue weighted by Crippen LogP contribution is 2.44. The predicted molar refractivity (Wildman–Crippen MR) is 118 cm³/mol. The molecule has 0 bridgehead atoms. The Bertz CT molecular complexity index is 1230. The smallest absolute Gasteiger partial charge is 0.226 e. The van der Waals surface area contributed by atoms with Gasteiger partial charge in [-0.2, -0.15) is 10.1 Å². The molecular formula is C22H23ClN6O. The van der Waals surface area contributed by atoms with Gasteiger partial charge in [0.1, 0.15) is 17.2 Å². The molecule has 2 atom stereocenters. The second-order valence-corrected chi connectivity index (χ2v) is 8.18. The highest BCUT2D eigenvalue weighted by molar-refractivity contribution is 6.29. The summed E-state index contributed by atoms with van der Waals surface area (Å²) in [5, 5.41) is 5.53. The molecule has 0 spiro atoms. The van der Waals surface area contributed by atoms with E-state index in [1.54, 1.807) is 11.8 Å². The van der Waals surface area contributed by atoms with Gasteiger partial charge in [0, 0.05) is 31.0 Å². The summed E-state index contributed by atoms with van der Waals surface area (Å²) in [6.45, 7) is 0. The van der Waals surface area contributed by atoms with Crippen LogP contribution < -0.4 is 10.5 Å². The van der Waals surface area contributed by atoms with Gasteiger partial charge in [-0.25, -0.2) is 4.98 Å². The molecule has 0 aliphatic heterocycles. The number of aryl methyl sites for hydroxylation is 1. The van der Waals surface area contributed by atoms with Gasteiger partial charge < -0.3 is 15.0 Å². The van der Waals surface area contributed by atoms with E-state index in [2.05, 4.69) is 44.0 Å². The molecular weight excluding hydrogens is 400 g/mol. The molecule has 3 aromatic heterocycles. The highest BCUT2D eigenvalue weighted by atomic mass is 35.5.